The van der Waals surface area contributed by atoms with Gasteiger partial charge in [0.2, 0.25) is 0 Å². The highest BCUT2D eigenvalue weighted by Crippen LogP contribution is 2.20. The largest absolute Gasteiger partial charge is 0.383 e. The third-order valence-electron chi connectivity index (χ3n) is 2.29. The van der Waals surface area contributed by atoms with E-state index in [1.54, 1.807) is 6.07 Å². The summed E-state index contributed by atoms with van der Waals surface area (Å²) >= 11 is 0. The number of hydrogen-bond acceptors (Lipinski definition) is 3. The van der Waals surface area contributed by atoms with Crippen molar-refractivity contribution in [1.82, 2.24) is 9.78 Å². The smallest absolute Gasteiger partial charge is 0.341 e. The third kappa shape index (κ3) is 1.75. The number of rotatable bonds is 1. The second-order valence-electron chi connectivity index (χ2n) is 3.57. The maximum Gasteiger partial charge on any atom is 0.341 e. The van der Waals surface area contributed by atoms with Crippen molar-refractivity contribution in [3.63, 3.8) is 0 Å². The molecule has 0 aliphatic heterocycles. The number of nitrogen functional groups attached to an aromatic ring is 1. The van der Waals surface area contributed by atoms with Crippen LogP contribution in [0.2, 0.25) is 0 Å². The second-order valence-corrected chi connectivity index (χ2v) is 3.57. The first-order valence-electron chi connectivity index (χ1n) is 4.80. The van der Waals surface area contributed by atoms with E-state index in [-0.39, 0.29) is 5.82 Å². The van der Waals surface area contributed by atoms with Gasteiger partial charge in [0.05, 0.1) is 5.69 Å². The number of aryl methyl sites for hydroxylation is 1. The van der Waals surface area contributed by atoms with E-state index >= 15 is 0 Å². The molecule has 4 N–H and O–H groups in total. The Balaban J connectivity index is 2.45. The molecule has 0 fully saturated rings. The number of benzene rings is 1. The lowest BCUT2D eigenvalue weighted by atomic mass is 10.1. The highest BCUT2D eigenvalue weighted by Gasteiger charge is 2.09. The number of hydrogen-bond donors (Lipinski definition) is 2. The van der Waals surface area contributed by atoms with Crippen LogP contribution in [0.4, 0.5) is 10.6 Å². The fourth-order valence-electron chi connectivity index (χ4n) is 1.44. The molecule has 0 saturated heterocycles. The van der Waals surface area contributed by atoms with Gasteiger partial charge in [-0.05, 0) is 6.92 Å². The van der Waals surface area contributed by atoms with Crippen LogP contribution in [0.3, 0.4) is 0 Å². The molecule has 1 aromatic heterocycles. The number of carbonyl (C=O) groups excluding carboxylic acids is 1. The Bertz CT molecular complexity index is 527. The Hall–Kier alpha value is -2.30. The van der Waals surface area contributed by atoms with Crippen LogP contribution in [0, 0.1) is 6.92 Å². The molecular formula is C11H12N4O. The van der Waals surface area contributed by atoms with E-state index < -0.39 is 6.03 Å². The van der Waals surface area contributed by atoms with Crippen molar-refractivity contribution >= 4 is 11.8 Å². The highest BCUT2D eigenvalue weighted by molar-refractivity contribution is 5.79. The van der Waals surface area contributed by atoms with Gasteiger partial charge >= 0.3 is 6.03 Å². The molecule has 2 rings (SSSR count). The summed E-state index contributed by atoms with van der Waals surface area (Å²) in [5.74, 6) is 0.239. The minimum atomic E-state index is -0.684. The van der Waals surface area contributed by atoms with Crippen LogP contribution in [0.15, 0.2) is 30.3 Å². The van der Waals surface area contributed by atoms with Gasteiger partial charge in [-0.1, -0.05) is 29.8 Å². The van der Waals surface area contributed by atoms with E-state index in [4.69, 9.17) is 11.5 Å². The van der Waals surface area contributed by atoms with E-state index in [2.05, 4.69) is 5.10 Å². The van der Waals surface area contributed by atoms with E-state index in [1.807, 2.05) is 31.2 Å². The van der Waals surface area contributed by atoms with Crippen LogP contribution in [0.5, 0.6) is 0 Å². The summed E-state index contributed by atoms with van der Waals surface area (Å²) < 4.78 is 0.981. The highest BCUT2D eigenvalue weighted by atomic mass is 16.2. The summed E-state index contributed by atoms with van der Waals surface area (Å²) in [5, 5.41) is 4.03. The summed E-state index contributed by atoms with van der Waals surface area (Å²) in [4.78, 5) is 11.0. The van der Waals surface area contributed by atoms with E-state index in [0.29, 0.717) is 5.69 Å². The molecule has 0 spiro atoms. The average Bonchev–Trinajstić information content (AvgIpc) is 2.61. The van der Waals surface area contributed by atoms with E-state index in [1.165, 1.54) is 0 Å². The van der Waals surface area contributed by atoms with Crippen molar-refractivity contribution in [1.29, 1.82) is 0 Å². The molecule has 2 aromatic rings. The number of aromatic nitrogens is 2. The van der Waals surface area contributed by atoms with Gasteiger partial charge in [0, 0.05) is 11.6 Å². The predicted molar refractivity (Wildman–Crippen MR) is 61.8 cm³/mol. The zero-order valence-electron chi connectivity index (χ0n) is 8.84. The van der Waals surface area contributed by atoms with Gasteiger partial charge in [0.15, 0.2) is 0 Å². The van der Waals surface area contributed by atoms with Gasteiger partial charge in [-0.15, -0.1) is 0 Å². The second kappa shape index (κ2) is 3.69. The molecule has 0 aliphatic carbocycles. The Morgan fingerprint density at radius 2 is 1.94 bits per heavy atom. The lowest BCUT2D eigenvalue weighted by Gasteiger charge is -1.97. The molecule has 82 valence electrons. The molecule has 0 aliphatic rings. The first-order valence-corrected chi connectivity index (χ1v) is 4.80. The maximum atomic E-state index is 11.0. The lowest BCUT2D eigenvalue weighted by molar-refractivity contribution is 0.248. The standard InChI is InChI=1S/C11H12N4O/c1-7-2-4-8(5-3-7)9-6-10(12)15(14-9)11(13)16/h2-6H,12H2,1H3,(H2,13,16). The molecule has 1 amide bonds. The van der Waals surface area contributed by atoms with Crippen LogP contribution >= 0.6 is 0 Å². The van der Waals surface area contributed by atoms with Crippen LogP contribution in [0.25, 0.3) is 11.3 Å². The fraction of sp³-hybridized carbons (Fsp3) is 0.0909. The summed E-state index contributed by atoms with van der Waals surface area (Å²) in [6.07, 6.45) is 0. The molecule has 0 radical (unpaired) electrons. The van der Waals surface area contributed by atoms with Crippen molar-refractivity contribution in [2.45, 2.75) is 6.92 Å². The van der Waals surface area contributed by atoms with Crippen LogP contribution in [0.1, 0.15) is 5.56 Å². The zero-order valence-corrected chi connectivity index (χ0v) is 8.84. The van der Waals surface area contributed by atoms with Crippen molar-refractivity contribution in [3.05, 3.63) is 35.9 Å². The molecule has 1 heterocycles. The average molecular weight is 216 g/mol. The van der Waals surface area contributed by atoms with Crippen molar-refractivity contribution in [2.75, 3.05) is 5.73 Å². The van der Waals surface area contributed by atoms with Gasteiger partial charge in [0.25, 0.3) is 0 Å². The molecular weight excluding hydrogens is 204 g/mol. The van der Waals surface area contributed by atoms with Crippen molar-refractivity contribution < 1.29 is 4.79 Å². The molecule has 16 heavy (non-hydrogen) atoms. The quantitative estimate of drug-likeness (QED) is 0.754. The van der Waals surface area contributed by atoms with Crippen LogP contribution < -0.4 is 11.5 Å². The predicted octanol–water partition coefficient (Wildman–Crippen LogP) is 1.37. The van der Waals surface area contributed by atoms with Gasteiger partial charge in [-0.25, -0.2) is 4.79 Å². The minimum absolute atomic E-state index is 0.239. The first-order chi connectivity index (χ1) is 7.58. The number of anilines is 1. The topological polar surface area (TPSA) is 86.9 Å². The minimum Gasteiger partial charge on any atom is -0.383 e. The summed E-state index contributed by atoms with van der Waals surface area (Å²) in [5.41, 5.74) is 13.4. The first kappa shape index (κ1) is 10.2. The Kier molecular flexibility index (Phi) is 2.36. The Labute approximate surface area is 92.7 Å². The fourth-order valence-corrected chi connectivity index (χ4v) is 1.44. The zero-order chi connectivity index (χ0) is 11.7. The number of nitrogens with zero attached hydrogens (tertiary/aromatic N) is 2. The monoisotopic (exact) mass is 216 g/mol. The number of primary amides is 1. The molecule has 0 unspecified atom stereocenters. The van der Waals surface area contributed by atoms with Crippen molar-refractivity contribution in [3.8, 4) is 11.3 Å². The summed E-state index contributed by atoms with van der Waals surface area (Å²) in [6, 6.07) is 8.71. The maximum absolute atomic E-state index is 11.0. The Morgan fingerprint density at radius 3 is 2.44 bits per heavy atom. The van der Waals surface area contributed by atoms with Crippen LogP contribution in [-0.2, 0) is 0 Å². The molecule has 1 aromatic carbocycles. The summed E-state index contributed by atoms with van der Waals surface area (Å²) in [6.45, 7) is 2.00. The van der Waals surface area contributed by atoms with Crippen molar-refractivity contribution in [2.24, 2.45) is 5.73 Å². The van der Waals surface area contributed by atoms with Gasteiger partial charge in [-0.3, -0.25) is 0 Å². The molecule has 5 heteroatoms. The number of nitrogens with two attached hydrogens (primary N) is 2. The number of amides is 1. The normalized spacial score (nSPS) is 10.3. The molecule has 0 bridgehead atoms. The molecule has 0 saturated carbocycles. The van der Waals surface area contributed by atoms with E-state index in [0.717, 1.165) is 15.8 Å². The van der Waals surface area contributed by atoms with Gasteiger partial charge in [0.1, 0.15) is 5.82 Å². The summed E-state index contributed by atoms with van der Waals surface area (Å²) in [7, 11) is 0. The lowest BCUT2D eigenvalue weighted by Crippen LogP contribution is -2.22. The molecule has 5 nitrogen and oxygen atoms in total. The molecule has 0 atom stereocenters. The van der Waals surface area contributed by atoms with Gasteiger partial charge in [-0.2, -0.15) is 9.78 Å². The van der Waals surface area contributed by atoms with Gasteiger partial charge < -0.3 is 11.5 Å². The SMILES string of the molecule is Cc1ccc(-c2cc(N)n(C(N)=O)n2)cc1. The van der Waals surface area contributed by atoms with Crippen LogP contribution in [-0.4, -0.2) is 15.8 Å². The third-order valence-corrected chi connectivity index (χ3v) is 2.29. The van der Waals surface area contributed by atoms with E-state index in [9.17, 15) is 4.79 Å². The number of carbonyl (C=O) groups is 1. The Morgan fingerprint density at radius 1 is 1.31 bits per heavy atom.